The molecule has 1 spiro atoms. The van der Waals surface area contributed by atoms with E-state index in [1.54, 1.807) is 12.0 Å². The Hall–Kier alpha value is -3.46. The van der Waals surface area contributed by atoms with E-state index in [0.29, 0.717) is 6.54 Å². The van der Waals surface area contributed by atoms with E-state index < -0.39 is 19.8 Å². The van der Waals surface area contributed by atoms with Crippen LogP contribution in [0.5, 0.6) is 5.75 Å². The summed E-state index contributed by atoms with van der Waals surface area (Å²) < 4.78 is 12.5. The second-order valence-electron chi connectivity index (χ2n) is 12.4. The zero-order valence-electron chi connectivity index (χ0n) is 24.8. The molecule has 3 aromatic carbocycles. The molecule has 0 unspecified atom stereocenters. The third-order valence-electron chi connectivity index (χ3n) is 9.95. The van der Waals surface area contributed by atoms with Crippen LogP contribution < -0.4 is 14.8 Å². The van der Waals surface area contributed by atoms with Gasteiger partial charge in [-0.25, -0.2) is 0 Å². The molecule has 0 bridgehead atoms. The molecule has 0 saturated carbocycles. The van der Waals surface area contributed by atoms with Gasteiger partial charge in [-0.15, -0.1) is 0 Å². The van der Waals surface area contributed by atoms with Crippen molar-refractivity contribution in [3.8, 4) is 5.75 Å². The summed E-state index contributed by atoms with van der Waals surface area (Å²) in [5, 5.41) is 11.2. The predicted molar refractivity (Wildman–Crippen MR) is 166 cm³/mol. The van der Waals surface area contributed by atoms with E-state index >= 15 is 0 Å². The Morgan fingerprint density at radius 3 is 2.43 bits per heavy atom. The van der Waals surface area contributed by atoms with Crippen molar-refractivity contribution in [1.29, 1.82) is 0 Å². The van der Waals surface area contributed by atoms with Gasteiger partial charge in [0.1, 0.15) is 5.75 Å². The Morgan fingerprint density at radius 2 is 1.74 bits per heavy atom. The van der Waals surface area contributed by atoms with Crippen LogP contribution in [0.4, 0.5) is 11.4 Å². The largest absolute Gasteiger partial charge is 0.497 e. The average molecular weight is 585 g/mol. The fourth-order valence-electron chi connectivity index (χ4n) is 7.87. The van der Waals surface area contributed by atoms with Crippen LogP contribution in [0.15, 0.2) is 78.9 Å². The van der Waals surface area contributed by atoms with Crippen LogP contribution in [0, 0.1) is 5.92 Å². The van der Waals surface area contributed by atoms with Crippen LogP contribution in [0.1, 0.15) is 31.7 Å². The van der Waals surface area contributed by atoms with E-state index in [1.165, 1.54) is 5.19 Å². The number of amides is 2. The summed E-state index contributed by atoms with van der Waals surface area (Å²) in [6.07, 6.45) is 1.42. The van der Waals surface area contributed by atoms with Crippen molar-refractivity contribution in [3.63, 3.8) is 0 Å². The number of benzene rings is 3. The van der Waals surface area contributed by atoms with Crippen molar-refractivity contribution in [2.45, 2.75) is 62.6 Å². The molecule has 0 aromatic heterocycles. The van der Waals surface area contributed by atoms with Gasteiger partial charge in [0.2, 0.25) is 5.91 Å². The number of aliphatic hydroxyl groups is 1. The van der Waals surface area contributed by atoms with Crippen LogP contribution in [0.3, 0.4) is 0 Å². The number of aliphatic hydroxyl groups excluding tert-OH is 1. The second-order valence-corrected chi connectivity index (χ2v) is 17.1. The third kappa shape index (κ3) is 4.39. The molecule has 8 heteroatoms. The van der Waals surface area contributed by atoms with Gasteiger partial charge in [0.05, 0.1) is 46.0 Å². The number of methoxy groups -OCH3 is 1. The van der Waals surface area contributed by atoms with Crippen LogP contribution in [-0.2, 0) is 19.9 Å². The van der Waals surface area contributed by atoms with E-state index in [4.69, 9.17) is 9.47 Å². The maximum Gasteiger partial charge on any atom is 0.268 e. The van der Waals surface area contributed by atoms with E-state index in [2.05, 4.69) is 32.2 Å². The van der Waals surface area contributed by atoms with Crippen LogP contribution in [0.25, 0.3) is 0 Å². The molecule has 3 aromatic rings. The second kappa shape index (κ2) is 11.0. The van der Waals surface area contributed by atoms with Gasteiger partial charge in [0.25, 0.3) is 5.91 Å². The third-order valence-corrected chi connectivity index (χ3v) is 14.3. The van der Waals surface area contributed by atoms with Crippen LogP contribution in [-0.4, -0.2) is 62.3 Å². The lowest BCUT2D eigenvalue weighted by molar-refractivity contribution is -0.149. The van der Waals surface area contributed by atoms with Gasteiger partial charge in [-0.1, -0.05) is 73.7 Å². The molecule has 1 N–H and O–H groups in total. The highest BCUT2D eigenvalue weighted by atomic mass is 28.3. The SMILES string of the molecule is COc1ccc([Si](C)(C)[C@H]2[C@H](CC(=O)N3CCC[C@H]3CO)O[C@@]3(C(=O)N(c4ccccc4)c4ccccc43)[C@@H]2C)cc1. The van der Waals surface area contributed by atoms with Crippen molar-refractivity contribution in [2.24, 2.45) is 5.92 Å². The maximum absolute atomic E-state index is 14.7. The maximum atomic E-state index is 14.7. The fourth-order valence-corrected chi connectivity index (χ4v) is 11.9. The number of carbonyl (C=O) groups is 2. The summed E-state index contributed by atoms with van der Waals surface area (Å²) >= 11 is 0. The summed E-state index contributed by atoms with van der Waals surface area (Å²) in [7, 11) is -0.695. The fraction of sp³-hybridized carbons (Fsp3) is 0.412. The summed E-state index contributed by atoms with van der Waals surface area (Å²) in [5.41, 5.74) is 1.25. The average Bonchev–Trinajstić information content (AvgIpc) is 3.67. The number of ether oxygens (including phenoxy) is 2. The Kier molecular flexibility index (Phi) is 7.49. The van der Waals surface area contributed by atoms with Crippen LogP contribution >= 0.6 is 0 Å². The van der Waals surface area contributed by atoms with Gasteiger partial charge in [0.15, 0.2) is 5.60 Å². The Labute approximate surface area is 249 Å². The zero-order chi connectivity index (χ0) is 29.6. The van der Waals surface area contributed by atoms with Crippen molar-refractivity contribution >= 4 is 36.4 Å². The lowest BCUT2D eigenvalue weighted by Crippen LogP contribution is -2.52. The molecular formula is C34H40N2O5Si. The van der Waals surface area contributed by atoms with E-state index in [-0.39, 0.29) is 42.3 Å². The molecule has 0 radical (unpaired) electrons. The van der Waals surface area contributed by atoms with Crippen LogP contribution in [0.2, 0.25) is 18.6 Å². The number of fused-ring (bicyclic) bond motifs is 2. The zero-order valence-corrected chi connectivity index (χ0v) is 25.8. The van der Waals surface area contributed by atoms with Gasteiger partial charge >= 0.3 is 0 Å². The Bertz CT molecular complexity index is 1460. The Balaban J connectivity index is 1.45. The molecule has 3 aliphatic rings. The van der Waals surface area contributed by atoms with Crippen molar-refractivity contribution in [2.75, 3.05) is 25.2 Å². The molecule has 0 aliphatic carbocycles. The van der Waals surface area contributed by atoms with Crippen molar-refractivity contribution < 1.29 is 24.2 Å². The first-order valence-corrected chi connectivity index (χ1v) is 18.0. The number of rotatable bonds is 7. The molecule has 220 valence electrons. The monoisotopic (exact) mass is 584 g/mol. The number of para-hydroxylation sites is 2. The molecule has 2 amide bonds. The van der Waals surface area contributed by atoms with Gasteiger partial charge in [-0.05, 0) is 48.7 Å². The standard InChI is InChI=1S/C34H40N2O5Si/c1-23-32(42(3,4)27-18-16-26(40-2)17-19-27)30(21-31(38)35-20-10-13-25(35)22-37)41-34(23)28-14-8-9-15-29(28)36(33(34)39)24-11-6-5-7-12-24/h5-9,11-12,14-19,23,25,30,32,37H,10,13,20-22H2,1-4H3/t23-,25+,30+,32-,34+/m1/s1. The smallest absolute Gasteiger partial charge is 0.268 e. The number of likely N-dealkylation sites (tertiary alicyclic amines) is 1. The van der Waals surface area contributed by atoms with Gasteiger partial charge in [0, 0.05) is 23.7 Å². The molecule has 3 heterocycles. The molecule has 42 heavy (non-hydrogen) atoms. The van der Waals surface area contributed by atoms with E-state index in [1.807, 2.05) is 71.6 Å². The minimum absolute atomic E-state index is 0.0102. The minimum atomic E-state index is -2.36. The molecule has 6 rings (SSSR count). The topological polar surface area (TPSA) is 79.3 Å². The number of hydrogen-bond acceptors (Lipinski definition) is 5. The molecule has 3 aliphatic heterocycles. The molecular weight excluding hydrogens is 544 g/mol. The Morgan fingerprint density at radius 1 is 1.05 bits per heavy atom. The first-order chi connectivity index (χ1) is 20.2. The molecule has 5 atom stereocenters. The quantitative estimate of drug-likeness (QED) is 0.397. The van der Waals surface area contributed by atoms with Gasteiger partial charge < -0.3 is 19.5 Å². The number of nitrogens with zero attached hydrogens (tertiary/aromatic N) is 2. The summed E-state index contributed by atoms with van der Waals surface area (Å²) in [6.45, 7) is 7.39. The van der Waals surface area contributed by atoms with Crippen molar-refractivity contribution in [3.05, 3.63) is 84.4 Å². The highest BCUT2D eigenvalue weighted by Gasteiger charge is 2.66. The number of carbonyl (C=O) groups excluding carboxylic acids is 2. The number of anilines is 2. The first-order valence-electron chi connectivity index (χ1n) is 15.0. The summed E-state index contributed by atoms with van der Waals surface area (Å²) in [6, 6.07) is 25.7. The summed E-state index contributed by atoms with van der Waals surface area (Å²) in [4.78, 5) is 32.2. The van der Waals surface area contributed by atoms with E-state index in [9.17, 15) is 14.7 Å². The molecule has 2 fully saturated rings. The van der Waals surface area contributed by atoms with E-state index in [0.717, 1.165) is 35.5 Å². The lowest BCUT2D eigenvalue weighted by Gasteiger charge is -2.37. The first kappa shape index (κ1) is 28.6. The summed E-state index contributed by atoms with van der Waals surface area (Å²) in [5.74, 6) is 0.499. The molecule has 2 saturated heterocycles. The lowest BCUT2D eigenvalue weighted by atomic mass is 9.82. The minimum Gasteiger partial charge on any atom is -0.497 e. The normalized spacial score (nSPS) is 27.1. The highest BCUT2D eigenvalue weighted by Crippen LogP contribution is 2.61. The predicted octanol–water partition coefficient (Wildman–Crippen LogP) is 4.96. The molecule has 7 nitrogen and oxygen atoms in total. The van der Waals surface area contributed by atoms with Gasteiger partial charge in [-0.3, -0.25) is 14.5 Å². The number of hydrogen-bond donors (Lipinski definition) is 1. The van der Waals surface area contributed by atoms with Crippen molar-refractivity contribution in [1.82, 2.24) is 4.90 Å². The van der Waals surface area contributed by atoms with Gasteiger partial charge in [-0.2, -0.15) is 0 Å². The highest BCUT2D eigenvalue weighted by molar-refractivity contribution is 6.91.